The number of nitrogens with zero attached hydrogens (tertiary/aromatic N) is 3. The van der Waals surface area contributed by atoms with Gasteiger partial charge in [0.15, 0.2) is 5.65 Å². The van der Waals surface area contributed by atoms with Crippen LogP contribution in [0.1, 0.15) is 6.42 Å². The summed E-state index contributed by atoms with van der Waals surface area (Å²) in [5.74, 6) is 1.43. The lowest BCUT2D eigenvalue weighted by Crippen LogP contribution is -2.23. The number of H-pyrrole nitrogens is 1. The molecule has 7 heteroatoms. The van der Waals surface area contributed by atoms with Crippen LogP contribution >= 0.6 is 0 Å². The van der Waals surface area contributed by atoms with Crippen molar-refractivity contribution in [2.75, 3.05) is 25.5 Å². The predicted octanol–water partition coefficient (Wildman–Crippen LogP) is 1.80. The lowest BCUT2D eigenvalue weighted by atomic mass is 10.1. The Morgan fingerprint density at radius 2 is 2.09 bits per heavy atom. The Hall–Kier alpha value is -2.67. The summed E-state index contributed by atoms with van der Waals surface area (Å²) in [7, 11) is 1.66. The molecule has 1 aliphatic heterocycles. The summed E-state index contributed by atoms with van der Waals surface area (Å²) in [6.45, 7) is 1.95. The number of aromatic amines is 1. The van der Waals surface area contributed by atoms with Crippen molar-refractivity contribution in [2.45, 2.75) is 12.5 Å². The highest BCUT2D eigenvalue weighted by molar-refractivity contribution is 5.88. The number of ether oxygens (including phenoxy) is 1. The molecule has 1 aromatic carbocycles. The number of benzene rings is 1. The number of imidazole rings is 1. The number of anilines is 1. The lowest BCUT2D eigenvalue weighted by Gasteiger charge is -2.12. The first-order valence-electron chi connectivity index (χ1n) is 7.66. The molecule has 0 saturated carbocycles. The first-order chi connectivity index (χ1) is 11.3. The number of rotatable bonds is 4. The molecule has 3 aromatic rings. The summed E-state index contributed by atoms with van der Waals surface area (Å²) in [5, 5.41) is 6.72. The highest BCUT2D eigenvalue weighted by Crippen LogP contribution is 2.27. The van der Waals surface area contributed by atoms with Gasteiger partial charge >= 0.3 is 0 Å². The summed E-state index contributed by atoms with van der Waals surface area (Å²) >= 11 is 0. The van der Waals surface area contributed by atoms with Gasteiger partial charge in [-0.05, 0) is 37.2 Å². The molecular weight excluding hydrogens is 292 g/mol. The number of nitrogens with one attached hydrogen (secondary N) is 3. The van der Waals surface area contributed by atoms with E-state index >= 15 is 0 Å². The fraction of sp³-hybridized carbons (Fsp3) is 0.312. The van der Waals surface area contributed by atoms with E-state index in [0.717, 1.165) is 42.0 Å². The van der Waals surface area contributed by atoms with Crippen LogP contribution in [0.2, 0.25) is 0 Å². The largest absolute Gasteiger partial charge is 0.497 e. The maximum absolute atomic E-state index is 5.22. The zero-order chi connectivity index (χ0) is 15.6. The van der Waals surface area contributed by atoms with Gasteiger partial charge in [-0.25, -0.2) is 9.97 Å². The van der Waals surface area contributed by atoms with E-state index in [9.17, 15) is 0 Å². The highest BCUT2D eigenvalue weighted by Gasteiger charge is 2.17. The molecule has 0 aliphatic carbocycles. The number of hydrogen-bond acceptors (Lipinski definition) is 6. The highest BCUT2D eigenvalue weighted by atomic mass is 16.5. The zero-order valence-corrected chi connectivity index (χ0v) is 12.8. The van der Waals surface area contributed by atoms with E-state index in [1.54, 1.807) is 13.4 Å². The third kappa shape index (κ3) is 2.70. The summed E-state index contributed by atoms with van der Waals surface area (Å²) in [4.78, 5) is 16.6. The molecule has 2 aromatic heterocycles. The number of aromatic nitrogens is 4. The Kier molecular flexibility index (Phi) is 3.55. The molecule has 1 atom stereocenters. The van der Waals surface area contributed by atoms with Gasteiger partial charge in [0.05, 0.1) is 13.4 Å². The van der Waals surface area contributed by atoms with Crippen LogP contribution in [0.4, 0.5) is 5.95 Å². The predicted molar refractivity (Wildman–Crippen MR) is 88.6 cm³/mol. The van der Waals surface area contributed by atoms with E-state index in [1.807, 2.05) is 24.3 Å². The van der Waals surface area contributed by atoms with Gasteiger partial charge in [0.25, 0.3) is 0 Å². The molecule has 118 valence electrons. The van der Waals surface area contributed by atoms with Crippen molar-refractivity contribution in [1.29, 1.82) is 0 Å². The maximum atomic E-state index is 5.22. The fourth-order valence-corrected chi connectivity index (χ4v) is 2.82. The molecule has 4 rings (SSSR count). The summed E-state index contributed by atoms with van der Waals surface area (Å²) < 4.78 is 5.22. The third-order valence-electron chi connectivity index (χ3n) is 4.04. The molecule has 23 heavy (non-hydrogen) atoms. The summed E-state index contributed by atoms with van der Waals surface area (Å²) in [6, 6.07) is 8.18. The lowest BCUT2D eigenvalue weighted by molar-refractivity contribution is 0.415. The smallest absolute Gasteiger partial charge is 0.225 e. The van der Waals surface area contributed by atoms with Crippen molar-refractivity contribution >= 4 is 17.1 Å². The molecule has 0 bridgehead atoms. The van der Waals surface area contributed by atoms with Crippen LogP contribution in [0.15, 0.2) is 30.6 Å². The summed E-state index contributed by atoms with van der Waals surface area (Å²) in [5.41, 5.74) is 3.34. The van der Waals surface area contributed by atoms with Gasteiger partial charge in [0, 0.05) is 18.2 Å². The van der Waals surface area contributed by atoms with Crippen molar-refractivity contribution in [3.8, 4) is 17.0 Å². The Bertz CT molecular complexity index is 807. The maximum Gasteiger partial charge on any atom is 0.225 e. The topological polar surface area (TPSA) is 87.8 Å². The number of methoxy groups -OCH3 is 1. The average Bonchev–Trinajstić information content (AvgIpc) is 3.26. The van der Waals surface area contributed by atoms with Gasteiger partial charge in [0.2, 0.25) is 5.95 Å². The fourth-order valence-electron chi connectivity index (χ4n) is 2.82. The molecule has 1 fully saturated rings. The number of hydrogen-bond donors (Lipinski definition) is 3. The van der Waals surface area contributed by atoms with Crippen LogP contribution in [-0.4, -0.2) is 46.2 Å². The van der Waals surface area contributed by atoms with Crippen LogP contribution in [0, 0.1) is 0 Å². The van der Waals surface area contributed by atoms with Crippen LogP contribution in [0.5, 0.6) is 5.75 Å². The van der Waals surface area contributed by atoms with Gasteiger partial charge in [-0.1, -0.05) is 0 Å². The molecule has 3 N–H and O–H groups in total. The van der Waals surface area contributed by atoms with Gasteiger partial charge < -0.3 is 20.4 Å². The van der Waals surface area contributed by atoms with E-state index in [2.05, 4.69) is 25.6 Å². The Morgan fingerprint density at radius 1 is 1.22 bits per heavy atom. The summed E-state index contributed by atoms with van der Waals surface area (Å²) in [6.07, 6.45) is 2.72. The molecule has 0 radical (unpaired) electrons. The molecular formula is C16H18N6O. The van der Waals surface area contributed by atoms with Gasteiger partial charge in [0.1, 0.15) is 17.0 Å². The normalized spacial score (nSPS) is 17.5. The second kappa shape index (κ2) is 5.85. The Morgan fingerprint density at radius 3 is 2.83 bits per heavy atom. The molecule has 1 unspecified atom stereocenters. The van der Waals surface area contributed by atoms with Gasteiger partial charge in [-0.15, -0.1) is 0 Å². The molecule has 0 amide bonds. The minimum atomic E-state index is 0.357. The van der Waals surface area contributed by atoms with Crippen molar-refractivity contribution in [1.82, 2.24) is 25.3 Å². The van der Waals surface area contributed by atoms with E-state index in [4.69, 9.17) is 9.72 Å². The molecule has 0 spiro atoms. The first-order valence-corrected chi connectivity index (χ1v) is 7.66. The number of fused-ring (bicyclic) bond motifs is 1. The van der Waals surface area contributed by atoms with Crippen molar-refractivity contribution in [3.05, 3.63) is 30.6 Å². The molecule has 7 nitrogen and oxygen atoms in total. The first kappa shape index (κ1) is 14.0. The van der Waals surface area contributed by atoms with E-state index in [1.165, 1.54) is 0 Å². The second-order valence-electron chi connectivity index (χ2n) is 5.56. The van der Waals surface area contributed by atoms with E-state index < -0.39 is 0 Å². The van der Waals surface area contributed by atoms with Crippen molar-refractivity contribution in [2.24, 2.45) is 0 Å². The molecule has 1 saturated heterocycles. The minimum Gasteiger partial charge on any atom is -0.497 e. The average molecular weight is 310 g/mol. The quantitative estimate of drug-likeness (QED) is 0.681. The van der Waals surface area contributed by atoms with Crippen LogP contribution in [0.3, 0.4) is 0 Å². The molecule has 1 aliphatic rings. The van der Waals surface area contributed by atoms with Crippen LogP contribution < -0.4 is 15.4 Å². The second-order valence-corrected chi connectivity index (χ2v) is 5.56. The van der Waals surface area contributed by atoms with Crippen molar-refractivity contribution in [3.63, 3.8) is 0 Å². The van der Waals surface area contributed by atoms with E-state index in [-0.39, 0.29) is 0 Å². The van der Waals surface area contributed by atoms with Crippen LogP contribution in [0.25, 0.3) is 22.4 Å². The van der Waals surface area contributed by atoms with E-state index in [0.29, 0.717) is 17.6 Å². The molecule has 3 heterocycles. The minimum absolute atomic E-state index is 0.357. The monoisotopic (exact) mass is 310 g/mol. The van der Waals surface area contributed by atoms with Gasteiger partial charge in [-0.3, -0.25) is 0 Å². The zero-order valence-electron chi connectivity index (χ0n) is 12.8. The van der Waals surface area contributed by atoms with Crippen molar-refractivity contribution < 1.29 is 4.74 Å². The van der Waals surface area contributed by atoms with Gasteiger partial charge in [-0.2, -0.15) is 4.98 Å². The standard InChI is InChI=1S/C16H18N6O/c1-23-12-4-2-10(3-5-12)13-14-15(19-9-18-14)22-16(21-13)20-11-6-7-17-8-11/h2-5,9,11,17H,6-8H2,1H3,(H2,18,19,20,21,22). The van der Waals surface area contributed by atoms with Crippen LogP contribution in [-0.2, 0) is 0 Å². The SMILES string of the molecule is COc1ccc(-c2nc(NC3CCNC3)nc3nc[nH]c23)cc1. The third-order valence-corrected chi connectivity index (χ3v) is 4.04. The Balaban J connectivity index is 1.75. The Labute approximate surface area is 133 Å².